The zero-order valence-corrected chi connectivity index (χ0v) is 15.0. The van der Waals surface area contributed by atoms with E-state index in [0.29, 0.717) is 15.8 Å². The number of anilines is 3. The van der Waals surface area contributed by atoms with Crippen LogP contribution in [0.2, 0.25) is 5.02 Å². The zero-order chi connectivity index (χ0) is 16.8. The van der Waals surface area contributed by atoms with E-state index in [1.165, 1.54) is 11.3 Å². The summed E-state index contributed by atoms with van der Waals surface area (Å²) in [6.07, 6.45) is 2.21. The molecule has 0 aliphatic rings. The Morgan fingerprint density at radius 2 is 2.13 bits per heavy atom. The molecule has 0 saturated carbocycles. The van der Waals surface area contributed by atoms with Gasteiger partial charge in [-0.1, -0.05) is 42.3 Å². The number of benzene rings is 1. The summed E-state index contributed by atoms with van der Waals surface area (Å²) < 4.78 is 0. The molecule has 124 valence electrons. The summed E-state index contributed by atoms with van der Waals surface area (Å²) in [4.78, 5) is 14.0. The minimum absolute atomic E-state index is 0.394. The predicted octanol–water partition coefficient (Wildman–Crippen LogP) is 4.38. The molecule has 0 aliphatic carbocycles. The second kappa shape index (κ2) is 8.12. The van der Waals surface area contributed by atoms with Crippen molar-refractivity contribution in [3.05, 3.63) is 28.8 Å². The van der Waals surface area contributed by atoms with Crippen molar-refractivity contribution in [2.24, 2.45) is 0 Å². The molecule has 1 aromatic carbocycles. The Balaban J connectivity index is 1.94. The molecule has 1 heterocycles. The second-order valence-electron chi connectivity index (χ2n) is 5.23. The number of aryl methyl sites for hydroxylation is 1. The van der Waals surface area contributed by atoms with Gasteiger partial charge in [0.1, 0.15) is 0 Å². The van der Waals surface area contributed by atoms with Gasteiger partial charge < -0.3 is 10.2 Å². The van der Waals surface area contributed by atoms with Gasteiger partial charge in [0.2, 0.25) is 10.3 Å². The molecule has 0 radical (unpaired) electrons. The minimum atomic E-state index is -0.394. The van der Waals surface area contributed by atoms with Crippen LogP contribution >= 0.6 is 22.9 Å². The van der Waals surface area contributed by atoms with E-state index < -0.39 is 6.03 Å². The SMILES string of the molecule is CCCCN(C)c1nnc(NC(=O)Nc2ccc(C)cc2Cl)s1. The number of hydrogen-bond acceptors (Lipinski definition) is 5. The molecule has 0 atom stereocenters. The lowest BCUT2D eigenvalue weighted by atomic mass is 10.2. The highest BCUT2D eigenvalue weighted by atomic mass is 35.5. The fraction of sp³-hybridized carbons (Fsp3) is 0.400. The van der Waals surface area contributed by atoms with E-state index in [9.17, 15) is 4.79 Å². The number of nitrogens with one attached hydrogen (secondary N) is 2. The van der Waals surface area contributed by atoms with E-state index >= 15 is 0 Å². The molecule has 1 aromatic heterocycles. The molecule has 0 aliphatic heterocycles. The van der Waals surface area contributed by atoms with Crippen LogP contribution in [0.1, 0.15) is 25.3 Å². The molecule has 2 rings (SSSR count). The van der Waals surface area contributed by atoms with Crippen LogP contribution in [0.15, 0.2) is 18.2 Å². The van der Waals surface area contributed by atoms with Crippen LogP contribution in [0.25, 0.3) is 0 Å². The summed E-state index contributed by atoms with van der Waals surface area (Å²) in [5.41, 5.74) is 1.59. The maximum absolute atomic E-state index is 12.0. The summed E-state index contributed by atoms with van der Waals surface area (Å²) in [5.74, 6) is 0. The van der Waals surface area contributed by atoms with Crippen molar-refractivity contribution >= 4 is 44.9 Å². The predicted molar refractivity (Wildman–Crippen MR) is 96.9 cm³/mol. The average Bonchev–Trinajstić information content (AvgIpc) is 2.96. The molecular weight excluding hydrogens is 334 g/mol. The number of nitrogens with zero attached hydrogens (tertiary/aromatic N) is 3. The molecule has 2 aromatic rings. The molecule has 0 fully saturated rings. The normalized spacial score (nSPS) is 10.4. The first-order chi connectivity index (χ1) is 11.0. The third kappa shape index (κ3) is 5.07. The number of carbonyl (C=O) groups is 1. The number of rotatable bonds is 6. The van der Waals surface area contributed by atoms with Crippen LogP contribution < -0.4 is 15.5 Å². The van der Waals surface area contributed by atoms with Gasteiger partial charge in [-0.25, -0.2) is 4.79 Å². The Bertz CT molecular complexity index is 676. The van der Waals surface area contributed by atoms with Crippen LogP contribution in [-0.4, -0.2) is 29.8 Å². The number of amides is 2. The van der Waals surface area contributed by atoms with Crippen LogP contribution in [0, 0.1) is 6.92 Å². The van der Waals surface area contributed by atoms with Crippen LogP contribution in [-0.2, 0) is 0 Å². The van der Waals surface area contributed by atoms with E-state index in [4.69, 9.17) is 11.6 Å². The first kappa shape index (κ1) is 17.5. The lowest BCUT2D eigenvalue weighted by molar-refractivity contribution is 0.262. The second-order valence-corrected chi connectivity index (χ2v) is 6.59. The Kier molecular flexibility index (Phi) is 6.18. The standard InChI is InChI=1S/C15H20ClN5OS/c1-4-5-8-21(3)15-20-19-14(23-15)18-13(22)17-12-7-6-10(2)9-11(12)16/h6-7,9H,4-5,8H2,1-3H3,(H2,17,18,19,22). The number of aromatic nitrogens is 2. The Morgan fingerprint density at radius 3 is 2.83 bits per heavy atom. The van der Waals surface area contributed by atoms with Gasteiger partial charge in [-0.05, 0) is 31.0 Å². The van der Waals surface area contributed by atoms with Crippen molar-refractivity contribution in [3.8, 4) is 0 Å². The van der Waals surface area contributed by atoms with Crippen molar-refractivity contribution in [3.63, 3.8) is 0 Å². The van der Waals surface area contributed by atoms with E-state index in [1.54, 1.807) is 12.1 Å². The van der Waals surface area contributed by atoms with Gasteiger partial charge in [0, 0.05) is 13.6 Å². The number of unbranched alkanes of at least 4 members (excludes halogenated alkanes) is 1. The van der Waals surface area contributed by atoms with Crippen LogP contribution in [0.5, 0.6) is 0 Å². The van der Waals surface area contributed by atoms with Crippen molar-refractivity contribution in [1.29, 1.82) is 0 Å². The highest BCUT2D eigenvalue weighted by Crippen LogP contribution is 2.25. The molecular formula is C15H20ClN5OS. The molecule has 0 spiro atoms. The maximum atomic E-state index is 12.0. The van der Waals surface area contributed by atoms with Gasteiger partial charge in [-0.3, -0.25) is 5.32 Å². The molecule has 0 unspecified atom stereocenters. The summed E-state index contributed by atoms with van der Waals surface area (Å²) >= 11 is 7.43. The Labute approximate surface area is 144 Å². The van der Waals surface area contributed by atoms with Gasteiger partial charge >= 0.3 is 6.03 Å². The quantitative estimate of drug-likeness (QED) is 0.808. The monoisotopic (exact) mass is 353 g/mol. The highest BCUT2D eigenvalue weighted by Gasteiger charge is 2.12. The summed E-state index contributed by atoms with van der Waals surface area (Å²) in [6, 6.07) is 5.05. The third-order valence-corrected chi connectivity index (χ3v) is 4.45. The fourth-order valence-electron chi connectivity index (χ4n) is 1.88. The van der Waals surface area contributed by atoms with E-state index in [0.717, 1.165) is 30.1 Å². The fourth-order valence-corrected chi connectivity index (χ4v) is 2.89. The van der Waals surface area contributed by atoms with Gasteiger partial charge in [0.05, 0.1) is 10.7 Å². The number of hydrogen-bond donors (Lipinski definition) is 2. The smallest absolute Gasteiger partial charge is 0.325 e. The van der Waals surface area contributed by atoms with Gasteiger partial charge in [0.25, 0.3) is 0 Å². The summed E-state index contributed by atoms with van der Waals surface area (Å²) in [6.45, 7) is 4.99. The van der Waals surface area contributed by atoms with Gasteiger partial charge in [-0.2, -0.15) is 0 Å². The number of urea groups is 1. The maximum Gasteiger partial charge on any atom is 0.325 e. The highest BCUT2D eigenvalue weighted by molar-refractivity contribution is 7.19. The van der Waals surface area contributed by atoms with Crippen molar-refractivity contribution < 1.29 is 4.79 Å². The van der Waals surface area contributed by atoms with Crippen molar-refractivity contribution in [2.75, 3.05) is 29.1 Å². The third-order valence-electron chi connectivity index (χ3n) is 3.18. The zero-order valence-electron chi connectivity index (χ0n) is 13.4. The molecule has 23 heavy (non-hydrogen) atoms. The number of halogens is 1. The van der Waals surface area contributed by atoms with Gasteiger partial charge in [-0.15, -0.1) is 10.2 Å². The minimum Gasteiger partial charge on any atom is -0.350 e. The average molecular weight is 354 g/mol. The largest absolute Gasteiger partial charge is 0.350 e. The number of carbonyl (C=O) groups excluding carboxylic acids is 1. The molecule has 2 N–H and O–H groups in total. The topological polar surface area (TPSA) is 70.2 Å². The lowest BCUT2D eigenvalue weighted by Crippen LogP contribution is -2.19. The molecule has 0 bridgehead atoms. The van der Waals surface area contributed by atoms with E-state index in [-0.39, 0.29) is 0 Å². The molecule has 0 saturated heterocycles. The summed E-state index contributed by atoms with van der Waals surface area (Å²) in [5, 5.41) is 15.2. The first-order valence-corrected chi connectivity index (χ1v) is 8.58. The van der Waals surface area contributed by atoms with Crippen LogP contribution in [0.3, 0.4) is 0 Å². The van der Waals surface area contributed by atoms with Crippen molar-refractivity contribution in [2.45, 2.75) is 26.7 Å². The van der Waals surface area contributed by atoms with Crippen LogP contribution in [0.4, 0.5) is 20.7 Å². The van der Waals surface area contributed by atoms with Crippen molar-refractivity contribution in [1.82, 2.24) is 10.2 Å². The van der Waals surface area contributed by atoms with E-state index in [1.807, 2.05) is 24.9 Å². The molecule has 6 nitrogen and oxygen atoms in total. The van der Waals surface area contributed by atoms with E-state index in [2.05, 4.69) is 27.8 Å². The first-order valence-electron chi connectivity index (χ1n) is 7.38. The molecule has 2 amide bonds. The summed E-state index contributed by atoms with van der Waals surface area (Å²) in [7, 11) is 1.96. The lowest BCUT2D eigenvalue weighted by Gasteiger charge is -2.13. The van der Waals surface area contributed by atoms with Gasteiger partial charge in [0.15, 0.2) is 0 Å². The molecule has 8 heteroatoms. The Hall–Kier alpha value is -1.86. The Morgan fingerprint density at radius 1 is 1.35 bits per heavy atom.